The lowest BCUT2D eigenvalue weighted by molar-refractivity contribution is 0.171. The first-order chi connectivity index (χ1) is 19.4. The third-order valence-corrected chi connectivity index (χ3v) is 10.1. The number of rotatable bonds is 12. The number of anilines is 1. The number of hydrogen-bond donors (Lipinski definition) is 1. The molecule has 41 heavy (non-hydrogen) atoms. The first-order valence-corrected chi connectivity index (χ1v) is 17.4. The van der Waals surface area contributed by atoms with Crippen molar-refractivity contribution in [3.63, 3.8) is 0 Å². The highest BCUT2D eigenvalue weighted by atomic mass is 32.3. The van der Waals surface area contributed by atoms with E-state index in [1.165, 1.54) is 31.6 Å². The number of ether oxygens (including phenoxy) is 2. The fourth-order valence-electron chi connectivity index (χ4n) is 4.26. The van der Waals surface area contributed by atoms with E-state index >= 15 is 0 Å². The molecule has 0 unspecified atom stereocenters. The van der Waals surface area contributed by atoms with Crippen LogP contribution < -0.4 is 13.8 Å². The van der Waals surface area contributed by atoms with Gasteiger partial charge < -0.3 is 19.0 Å². The number of sulfonamides is 1. The van der Waals surface area contributed by atoms with E-state index in [0.29, 0.717) is 34.5 Å². The van der Waals surface area contributed by atoms with E-state index in [1.807, 2.05) is 0 Å². The average molecular weight is 604 g/mol. The number of aromatic nitrogens is 4. The topological polar surface area (TPSA) is 133 Å². The second-order valence-electron chi connectivity index (χ2n) is 10.4. The van der Waals surface area contributed by atoms with Crippen LogP contribution in [0.5, 0.6) is 11.5 Å². The van der Waals surface area contributed by atoms with E-state index in [2.05, 4.69) is 33.9 Å². The number of hydrogen-bond acceptors (Lipinski definition) is 9. The van der Waals surface area contributed by atoms with Gasteiger partial charge in [-0.25, -0.2) is 22.8 Å². The van der Waals surface area contributed by atoms with Gasteiger partial charge in [0.1, 0.15) is 34.3 Å². The van der Waals surface area contributed by atoms with Crippen LogP contribution in [-0.4, -0.2) is 83.8 Å². The summed E-state index contributed by atoms with van der Waals surface area (Å²) in [5.41, 5.74) is 0.660. The van der Waals surface area contributed by atoms with Crippen LogP contribution in [0.15, 0.2) is 59.1 Å². The predicted octanol–water partition coefficient (Wildman–Crippen LogP) is 4.20. The lowest BCUT2D eigenvalue weighted by Crippen LogP contribution is -2.43. The number of aryl methyl sites for hydroxylation is 1. The number of methoxy groups -OCH3 is 2. The Morgan fingerprint density at radius 1 is 1.00 bits per heavy atom. The number of para-hydroxylation sites is 1. The Balaban J connectivity index is 1.97. The second kappa shape index (κ2) is 12.1. The van der Waals surface area contributed by atoms with Crippen molar-refractivity contribution in [2.24, 2.45) is 0 Å². The Labute approximate surface area is 242 Å². The fourth-order valence-corrected chi connectivity index (χ4v) is 6.67. The van der Waals surface area contributed by atoms with Gasteiger partial charge in [-0.2, -0.15) is 0 Å². The van der Waals surface area contributed by atoms with Crippen molar-refractivity contribution >= 4 is 26.0 Å². The van der Waals surface area contributed by atoms with E-state index in [1.54, 1.807) is 60.0 Å². The molecule has 0 saturated carbocycles. The van der Waals surface area contributed by atoms with E-state index < -0.39 is 31.4 Å². The van der Waals surface area contributed by atoms with E-state index in [0.717, 1.165) is 0 Å². The molecule has 1 N–H and O–H groups in total. The number of aliphatic hydroxyl groups is 1. The minimum absolute atomic E-state index is 0.0144. The highest BCUT2D eigenvalue weighted by Gasteiger charge is 2.39. The molecule has 0 spiro atoms. The lowest BCUT2D eigenvalue weighted by atomic mass is 10.2. The Bertz CT molecular complexity index is 1560. The number of aliphatic hydroxyl groups excluding tert-OH is 1. The fraction of sp³-hybridized carbons (Fsp3) is 0.393. The molecule has 4 rings (SSSR count). The minimum Gasteiger partial charge on any atom is -0.494 e. The van der Waals surface area contributed by atoms with Crippen LogP contribution in [0.1, 0.15) is 24.5 Å². The third-order valence-electron chi connectivity index (χ3n) is 6.57. The van der Waals surface area contributed by atoms with Crippen LogP contribution in [0.2, 0.25) is 0 Å². The first kappa shape index (κ1) is 30.4. The highest BCUT2D eigenvalue weighted by Crippen LogP contribution is 2.41. The van der Waals surface area contributed by atoms with Gasteiger partial charge in [0.05, 0.1) is 19.9 Å². The van der Waals surface area contributed by atoms with Crippen LogP contribution in [0.4, 0.5) is 5.95 Å². The van der Waals surface area contributed by atoms with Gasteiger partial charge in [0, 0.05) is 12.7 Å². The Kier molecular flexibility index (Phi) is 9.00. The monoisotopic (exact) mass is 603 g/mol. The molecule has 0 saturated heterocycles. The molecule has 13 heteroatoms. The summed E-state index contributed by atoms with van der Waals surface area (Å²) in [5.74, 6) is 2.71. The van der Waals surface area contributed by atoms with Crippen LogP contribution >= 0.6 is 10.0 Å². The Hall–Kier alpha value is -3.55. The largest absolute Gasteiger partial charge is 0.494 e. The van der Waals surface area contributed by atoms with Crippen molar-refractivity contribution in [1.82, 2.24) is 19.7 Å². The third kappa shape index (κ3) is 6.36. The molecule has 0 amide bonds. The Morgan fingerprint density at radius 3 is 2.22 bits per heavy atom. The zero-order valence-corrected chi connectivity index (χ0v) is 25.9. The van der Waals surface area contributed by atoms with Crippen LogP contribution in [0.25, 0.3) is 17.3 Å². The predicted molar refractivity (Wildman–Crippen MR) is 162 cm³/mol. The number of benzene rings is 1. The maximum atomic E-state index is 14.4. The molecular weight excluding hydrogens is 566 g/mol. The van der Waals surface area contributed by atoms with Crippen molar-refractivity contribution < 1.29 is 27.4 Å². The van der Waals surface area contributed by atoms with Crippen molar-refractivity contribution in [3.8, 4) is 28.8 Å². The van der Waals surface area contributed by atoms with Gasteiger partial charge in [0.2, 0.25) is 21.8 Å². The molecule has 0 aliphatic rings. The van der Waals surface area contributed by atoms with Crippen molar-refractivity contribution in [3.05, 3.63) is 66.2 Å². The summed E-state index contributed by atoms with van der Waals surface area (Å²) >= 11 is 0. The summed E-state index contributed by atoms with van der Waals surface area (Å²) in [6, 6.07) is 13.8. The second-order valence-corrected chi connectivity index (χ2v) is 17.2. The van der Waals surface area contributed by atoms with Gasteiger partial charge in [-0.1, -0.05) is 12.1 Å². The molecule has 4 aromatic rings. The SMILES string of the molecule is COc1cccc(OC)c1-n1c(-c2ccc(C)o2)nnc1N(CCS(C)(C)C)S(=O)(=O)[C@H](C)[C@H](O)c1ccccn1. The highest BCUT2D eigenvalue weighted by molar-refractivity contribution is 8.32. The molecule has 0 fully saturated rings. The standard InChI is InChI=1S/C28H37N5O6S2/c1-19-14-15-24(39-19)27-30-31-28(33(27)25-22(37-3)12-10-13-23(25)38-4)32(17-18-40(5,6)7)41(35,36)20(2)26(34)21-11-8-9-16-29-21/h8-16,20,26,34H,17-18H2,1-7H3/t20-,26+/m1/s1. The van der Waals surface area contributed by atoms with Gasteiger partial charge in [0.15, 0.2) is 5.76 Å². The molecule has 0 aliphatic carbocycles. The average Bonchev–Trinajstić information content (AvgIpc) is 3.57. The summed E-state index contributed by atoms with van der Waals surface area (Å²) in [6.07, 6.45) is 6.45. The Morgan fingerprint density at radius 2 is 1.68 bits per heavy atom. The zero-order valence-electron chi connectivity index (χ0n) is 24.3. The molecule has 3 heterocycles. The number of pyridine rings is 1. The molecule has 0 radical (unpaired) electrons. The van der Waals surface area contributed by atoms with E-state index in [-0.39, 0.29) is 24.0 Å². The normalized spacial score (nSPS) is 14.0. The summed E-state index contributed by atoms with van der Waals surface area (Å²) in [5, 5.41) is 18.7. The molecule has 2 atom stereocenters. The minimum atomic E-state index is -4.24. The first-order valence-electron chi connectivity index (χ1n) is 12.9. The van der Waals surface area contributed by atoms with Crippen molar-refractivity contribution in [2.75, 3.05) is 49.6 Å². The van der Waals surface area contributed by atoms with E-state index in [9.17, 15) is 13.5 Å². The molecule has 0 aliphatic heterocycles. The van der Waals surface area contributed by atoms with E-state index in [4.69, 9.17) is 13.9 Å². The summed E-state index contributed by atoms with van der Waals surface area (Å²) in [7, 11) is -2.34. The molecule has 11 nitrogen and oxygen atoms in total. The smallest absolute Gasteiger partial charge is 0.246 e. The lowest BCUT2D eigenvalue weighted by Gasteiger charge is -2.33. The van der Waals surface area contributed by atoms with Gasteiger partial charge in [-0.3, -0.25) is 9.55 Å². The maximum absolute atomic E-state index is 14.4. The maximum Gasteiger partial charge on any atom is 0.246 e. The molecule has 1 aromatic carbocycles. The summed E-state index contributed by atoms with van der Waals surface area (Å²) in [4.78, 5) is 4.18. The van der Waals surface area contributed by atoms with Gasteiger partial charge in [0.25, 0.3) is 0 Å². The van der Waals surface area contributed by atoms with Crippen molar-refractivity contribution in [2.45, 2.75) is 25.2 Å². The molecule has 222 valence electrons. The van der Waals surface area contributed by atoms with Crippen LogP contribution in [0.3, 0.4) is 0 Å². The van der Waals surface area contributed by atoms with Gasteiger partial charge >= 0.3 is 0 Å². The van der Waals surface area contributed by atoms with Crippen LogP contribution in [-0.2, 0) is 10.0 Å². The summed E-state index contributed by atoms with van der Waals surface area (Å²) in [6.45, 7) is 3.37. The number of furan rings is 1. The molecular formula is C28H37N5O6S2. The van der Waals surface area contributed by atoms with Crippen molar-refractivity contribution in [1.29, 1.82) is 0 Å². The zero-order chi connectivity index (χ0) is 29.9. The summed E-state index contributed by atoms with van der Waals surface area (Å²) < 4.78 is 48.8. The molecule has 0 bridgehead atoms. The molecule has 3 aromatic heterocycles. The van der Waals surface area contributed by atoms with Gasteiger partial charge in [-0.15, -0.1) is 10.2 Å². The van der Waals surface area contributed by atoms with Gasteiger partial charge in [-0.05, 0) is 74.8 Å². The number of nitrogens with zero attached hydrogens (tertiary/aromatic N) is 5. The quantitative estimate of drug-likeness (QED) is 0.253. The van der Waals surface area contributed by atoms with Crippen LogP contribution in [0, 0.1) is 6.92 Å².